The molecule has 0 radical (unpaired) electrons. The van der Waals surface area contributed by atoms with Crippen LogP contribution in [0.15, 0.2) is 30.3 Å². The number of alkyl halides is 3. The molecule has 1 heterocycles. The zero-order valence-electron chi connectivity index (χ0n) is 15.7. The normalized spacial score (nSPS) is 27.4. The van der Waals surface area contributed by atoms with Gasteiger partial charge in [-0.25, -0.2) is 0 Å². The maximum atomic E-state index is 12.4. The van der Waals surface area contributed by atoms with Gasteiger partial charge in [-0.2, -0.15) is 13.2 Å². The van der Waals surface area contributed by atoms with Gasteiger partial charge < -0.3 is 14.2 Å². The summed E-state index contributed by atoms with van der Waals surface area (Å²) in [5.74, 6) is -0.910. The van der Waals surface area contributed by atoms with Crippen molar-refractivity contribution in [3.63, 3.8) is 0 Å². The Hall–Kier alpha value is -1.60. The lowest BCUT2D eigenvalue weighted by Crippen LogP contribution is -2.40. The maximum Gasteiger partial charge on any atom is 0.389 e. The highest BCUT2D eigenvalue weighted by atomic mass is 19.4. The van der Waals surface area contributed by atoms with Crippen molar-refractivity contribution in [2.45, 2.75) is 51.5 Å². The predicted molar refractivity (Wildman–Crippen MR) is 94.2 cm³/mol. The van der Waals surface area contributed by atoms with Crippen molar-refractivity contribution in [2.24, 2.45) is 11.8 Å². The van der Waals surface area contributed by atoms with Crippen LogP contribution in [0, 0.1) is 11.8 Å². The van der Waals surface area contributed by atoms with E-state index >= 15 is 0 Å². The molecular formula is C20H27F3O4. The van der Waals surface area contributed by atoms with E-state index in [4.69, 9.17) is 14.2 Å². The minimum atomic E-state index is -4.21. The molecule has 1 saturated heterocycles. The Balaban J connectivity index is 2.09. The summed E-state index contributed by atoms with van der Waals surface area (Å²) in [7, 11) is 0. The Kier molecular flexibility index (Phi) is 8.10. The summed E-state index contributed by atoms with van der Waals surface area (Å²) in [6.07, 6.45) is -5.71. The van der Waals surface area contributed by atoms with E-state index in [0.29, 0.717) is 13.0 Å². The highest BCUT2D eigenvalue weighted by Gasteiger charge is 2.34. The summed E-state index contributed by atoms with van der Waals surface area (Å²) in [6, 6.07) is 9.73. The molecule has 1 aliphatic rings. The van der Waals surface area contributed by atoms with Crippen LogP contribution in [0.5, 0.6) is 0 Å². The van der Waals surface area contributed by atoms with Crippen LogP contribution >= 0.6 is 0 Å². The molecular weight excluding hydrogens is 361 g/mol. The Bertz CT molecular complexity index is 576. The van der Waals surface area contributed by atoms with Gasteiger partial charge >= 0.3 is 12.1 Å². The second-order valence-electron chi connectivity index (χ2n) is 7.08. The lowest BCUT2D eigenvalue weighted by atomic mass is 9.91. The number of hydrogen-bond donors (Lipinski definition) is 0. The number of benzene rings is 1. The molecule has 0 N–H and O–H groups in total. The number of hydrogen-bond acceptors (Lipinski definition) is 4. The Labute approximate surface area is 158 Å². The third kappa shape index (κ3) is 7.50. The molecule has 0 unspecified atom stereocenters. The predicted octanol–water partition coefficient (Wildman–Crippen LogP) is 4.17. The van der Waals surface area contributed by atoms with Gasteiger partial charge in [-0.15, -0.1) is 0 Å². The molecule has 1 aliphatic heterocycles. The molecule has 1 fully saturated rings. The fourth-order valence-electron chi connectivity index (χ4n) is 3.16. The van der Waals surface area contributed by atoms with Crippen molar-refractivity contribution in [2.75, 3.05) is 19.8 Å². The number of halogens is 3. The van der Waals surface area contributed by atoms with Gasteiger partial charge in [-0.05, 0) is 32.3 Å². The van der Waals surface area contributed by atoms with Gasteiger partial charge in [-0.1, -0.05) is 30.3 Å². The molecule has 0 aliphatic carbocycles. The number of carbonyl (C=O) groups is 1. The Morgan fingerprint density at radius 2 is 1.85 bits per heavy atom. The molecule has 152 valence electrons. The summed E-state index contributed by atoms with van der Waals surface area (Å²) in [5.41, 5.74) is 1.07. The maximum absolute atomic E-state index is 12.4. The molecule has 0 saturated carbocycles. The van der Waals surface area contributed by atoms with Gasteiger partial charge in [-0.3, -0.25) is 4.79 Å². The summed E-state index contributed by atoms with van der Waals surface area (Å²) in [5, 5.41) is 0. The first kappa shape index (κ1) is 21.7. The standard InChI is InChI=1S/C20H27F3O4/c1-14-12-25-13-17(11-16-7-4-3-5-8-16)18(15(2)27-19(14)24)26-10-6-9-20(21,22)23/h3-5,7-8,14-15,17-18H,6,9-13H2,1-2H3/t14-,15-,17-,18-/m0/s1. The van der Waals surface area contributed by atoms with Gasteiger partial charge in [0.2, 0.25) is 0 Å². The number of ether oxygens (including phenoxy) is 3. The summed E-state index contributed by atoms with van der Waals surface area (Å²) in [6.45, 7) is 4.00. The zero-order chi connectivity index (χ0) is 19.9. The second-order valence-corrected chi connectivity index (χ2v) is 7.08. The van der Waals surface area contributed by atoms with E-state index in [1.54, 1.807) is 13.8 Å². The molecule has 1 aromatic rings. The molecule has 0 bridgehead atoms. The summed E-state index contributed by atoms with van der Waals surface area (Å²) in [4.78, 5) is 12.1. The first-order valence-electron chi connectivity index (χ1n) is 9.27. The fraction of sp³-hybridized carbons (Fsp3) is 0.650. The van der Waals surface area contributed by atoms with E-state index in [1.807, 2.05) is 30.3 Å². The minimum absolute atomic E-state index is 0.0487. The van der Waals surface area contributed by atoms with E-state index in [-0.39, 0.29) is 31.5 Å². The average molecular weight is 388 g/mol. The molecule has 2 rings (SSSR count). The molecule has 27 heavy (non-hydrogen) atoms. The monoisotopic (exact) mass is 388 g/mol. The van der Waals surface area contributed by atoms with E-state index in [0.717, 1.165) is 5.56 Å². The molecule has 4 atom stereocenters. The Morgan fingerprint density at radius 3 is 2.52 bits per heavy atom. The number of esters is 1. The summed E-state index contributed by atoms with van der Waals surface area (Å²) >= 11 is 0. The highest BCUT2D eigenvalue weighted by Crippen LogP contribution is 2.25. The first-order valence-corrected chi connectivity index (χ1v) is 9.27. The number of rotatable bonds is 6. The smallest absolute Gasteiger partial charge is 0.389 e. The third-order valence-corrected chi connectivity index (χ3v) is 4.59. The number of cyclic esters (lactones) is 1. The third-order valence-electron chi connectivity index (χ3n) is 4.59. The molecule has 0 amide bonds. The van der Waals surface area contributed by atoms with Crippen LogP contribution in [-0.2, 0) is 25.4 Å². The van der Waals surface area contributed by atoms with Crippen LogP contribution < -0.4 is 0 Å². The largest absolute Gasteiger partial charge is 0.460 e. The topological polar surface area (TPSA) is 44.8 Å². The highest BCUT2D eigenvalue weighted by molar-refractivity contribution is 5.72. The van der Waals surface area contributed by atoms with Gasteiger partial charge in [0.25, 0.3) is 0 Å². The molecule has 0 spiro atoms. The van der Waals surface area contributed by atoms with Gasteiger partial charge in [0, 0.05) is 18.9 Å². The van der Waals surface area contributed by atoms with Gasteiger partial charge in [0.15, 0.2) is 0 Å². The van der Waals surface area contributed by atoms with Crippen LogP contribution in [0.4, 0.5) is 13.2 Å². The fourth-order valence-corrected chi connectivity index (χ4v) is 3.16. The van der Waals surface area contributed by atoms with E-state index in [9.17, 15) is 18.0 Å². The van der Waals surface area contributed by atoms with Crippen molar-refractivity contribution in [3.8, 4) is 0 Å². The lowest BCUT2D eigenvalue weighted by Gasteiger charge is -2.31. The van der Waals surface area contributed by atoms with Crippen molar-refractivity contribution in [1.29, 1.82) is 0 Å². The van der Waals surface area contributed by atoms with Crippen LogP contribution in [0.1, 0.15) is 32.3 Å². The SMILES string of the molecule is C[C@@H]1OC(=O)[C@@H](C)COC[C@H](Cc2ccccc2)[C@H]1OCCCC(F)(F)F. The minimum Gasteiger partial charge on any atom is -0.460 e. The van der Waals surface area contributed by atoms with Crippen LogP contribution in [0.2, 0.25) is 0 Å². The summed E-state index contributed by atoms with van der Waals surface area (Å²) < 4.78 is 54.1. The second kappa shape index (κ2) is 10.1. The van der Waals surface area contributed by atoms with Crippen LogP contribution in [-0.4, -0.2) is 44.2 Å². The number of carbonyl (C=O) groups excluding carboxylic acids is 1. The molecule has 1 aromatic carbocycles. The first-order chi connectivity index (χ1) is 12.8. The van der Waals surface area contributed by atoms with E-state index in [2.05, 4.69) is 0 Å². The van der Waals surface area contributed by atoms with Crippen molar-refractivity contribution in [1.82, 2.24) is 0 Å². The van der Waals surface area contributed by atoms with E-state index < -0.39 is 30.7 Å². The van der Waals surface area contributed by atoms with Gasteiger partial charge in [0.05, 0.1) is 25.2 Å². The lowest BCUT2D eigenvalue weighted by molar-refractivity contribution is -0.163. The van der Waals surface area contributed by atoms with Crippen molar-refractivity contribution in [3.05, 3.63) is 35.9 Å². The van der Waals surface area contributed by atoms with E-state index in [1.165, 1.54) is 0 Å². The van der Waals surface area contributed by atoms with Crippen LogP contribution in [0.3, 0.4) is 0 Å². The Morgan fingerprint density at radius 1 is 1.15 bits per heavy atom. The zero-order valence-corrected chi connectivity index (χ0v) is 15.7. The molecule has 4 nitrogen and oxygen atoms in total. The van der Waals surface area contributed by atoms with Crippen LogP contribution in [0.25, 0.3) is 0 Å². The molecule has 7 heteroatoms. The quantitative estimate of drug-likeness (QED) is 0.542. The molecule has 0 aromatic heterocycles. The van der Waals surface area contributed by atoms with Crippen molar-refractivity contribution >= 4 is 5.97 Å². The van der Waals surface area contributed by atoms with Gasteiger partial charge in [0.1, 0.15) is 6.10 Å². The van der Waals surface area contributed by atoms with Crippen molar-refractivity contribution < 1.29 is 32.2 Å². The average Bonchev–Trinajstić information content (AvgIpc) is 2.64.